The Labute approximate surface area is 154 Å². The molecule has 3 aromatic rings. The number of nitro benzene ring substituents is 1. The molecule has 0 aliphatic heterocycles. The molecule has 2 aromatic carbocycles. The molecule has 0 aliphatic rings. The number of hydrogen-bond donors (Lipinski definition) is 1. The van der Waals surface area contributed by atoms with Gasteiger partial charge in [-0.1, -0.05) is 23.7 Å². The molecule has 1 aromatic heterocycles. The van der Waals surface area contributed by atoms with Crippen LogP contribution in [-0.4, -0.2) is 17.4 Å². The molecule has 1 N–H and O–H groups in total. The van der Waals surface area contributed by atoms with E-state index in [9.17, 15) is 14.9 Å². The summed E-state index contributed by atoms with van der Waals surface area (Å²) < 4.78 is 5.52. The SMILES string of the molecule is O=C(NCCCCc1ccc([N+](=O)[O-])cc1)c1cc2cc(Cl)ccc2o1. The first-order chi connectivity index (χ1) is 12.5. The van der Waals surface area contributed by atoms with Crippen LogP contribution < -0.4 is 5.32 Å². The number of non-ortho nitro benzene ring substituents is 1. The fourth-order valence-electron chi connectivity index (χ4n) is 2.65. The molecule has 26 heavy (non-hydrogen) atoms. The number of nitrogens with one attached hydrogen (secondary N) is 1. The zero-order valence-corrected chi connectivity index (χ0v) is 14.7. The Kier molecular flexibility index (Phi) is 5.53. The first kappa shape index (κ1) is 17.9. The highest BCUT2D eigenvalue weighted by Gasteiger charge is 2.12. The smallest absolute Gasteiger partial charge is 0.287 e. The number of unbranched alkanes of at least 4 members (excludes halogenated alkanes) is 1. The van der Waals surface area contributed by atoms with Gasteiger partial charge in [0.25, 0.3) is 11.6 Å². The molecule has 0 saturated heterocycles. The molecule has 1 amide bonds. The second-order valence-electron chi connectivity index (χ2n) is 5.93. The van der Waals surface area contributed by atoms with Gasteiger partial charge < -0.3 is 9.73 Å². The highest BCUT2D eigenvalue weighted by molar-refractivity contribution is 6.31. The van der Waals surface area contributed by atoms with Crippen LogP contribution in [0.15, 0.2) is 52.9 Å². The number of hydrogen-bond acceptors (Lipinski definition) is 4. The number of furan rings is 1. The van der Waals surface area contributed by atoms with Crippen LogP contribution in [0.5, 0.6) is 0 Å². The van der Waals surface area contributed by atoms with E-state index in [0.717, 1.165) is 30.2 Å². The fourth-order valence-corrected chi connectivity index (χ4v) is 2.83. The second kappa shape index (κ2) is 8.01. The summed E-state index contributed by atoms with van der Waals surface area (Å²) in [5, 5.41) is 14.8. The first-order valence-corrected chi connectivity index (χ1v) is 8.61. The predicted octanol–water partition coefficient (Wildman–Crippen LogP) is 4.75. The molecule has 0 bridgehead atoms. The van der Waals surface area contributed by atoms with E-state index in [1.807, 2.05) is 0 Å². The van der Waals surface area contributed by atoms with Gasteiger partial charge in [-0.2, -0.15) is 0 Å². The lowest BCUT2D eigenvalue weighted by Gasteiger charge is -2.04. The average Bonchev–Trinajstić information content (AvgIpc) is 3.05. The normalized spacial score (nSPS) is 10.8. The maximum Gasteiger partial charge on any atom is 0.287 e. The van der Waals surface area contributed by atoms with Gasteiger partial charge in [0, 0.05) is 29.1 Å². The number of carbonyl (C=O) groups is 1. The molecule has 0 atom stereocenters. The van der Waals surface area contributed by atoms with E-state index in [1.54, 1.807) is 36.4 Å². The zero-order valence-electron chi connectivity index (χ0n) is 13.9. The Morgan fingerprint density at radius 1 is 1.12 bits per heavy atom. The highest BCUT2D eigenvalue weighted by atomic mass is 35.5. The number of amides is 1. The van der Waals surface area contributed by atoms with Crippen molar-refractivity contribution < 1.29 is 14.1 Å². The van der Waals surface area contributed by atoms with Crippen LogP contribution >= 0.6 is 11.6 Å². The molecule has 0 unspecified atom stereocenters. The Morgan fingerprint density at radius 2 is 1.88 bits per heavy atom. The summed E-state index contributed by atoms with van der Waals surface area (Å²) in [6.45, 7) is 0.531. The van der Waals surface area contributed by atoms with Crippen molar-refractivity contribution in [3.8, 4) is 0 Å². The maximum absolute atomic E-state index is 12.1. The van der Waals surface area contributed by atoms with Crippen molar-refractivity contribution in [3.63, 3.8) is 0 Å². The van der Waals surface area contributed by atoms with Crippen LogP contribution in [0.25, 0.3) is 11.0 Å². The van der Waals surface area contributed by atoms with Crippen LogP contribution in [-0.2, 0) is 6.42 Å². The van der Waals surface area contributed by atoms with E-state index in [-0.39, 0.29) is 17.4 Å². The number of fused-ring (bicyclic) bond motifs is 1. The van der Waals surface area contributed by atoms with Crippen molar-refractivity contribution in [1.82, 2.24) is 5.32 Å². The molecule has 0 fully saturated rings. The molecule has 1 heterocycles. The minimum Gasteiger partial charge on any atom is -0.451 e. The molecule has 0 aliphatic carbocycles. The summed E-state index contributed by atoms with van der Waals surface area (Å²) in [6, 6.07) is 13.4. The van der Waals surface area contributed by atoms with Gasteiger partial charge in [-0.05, 0) is 49.1 Å². The summed E-state index contributed by atoms with van der Waals surface area (Å²) >= 11 is 5.92. The third-order valence-electron chi connectivity index (χ3n) is 4.03. The Morgan fingerprint density at radius 3 is 2.62 bits per heavy atom. The Balaban J connectivity index is 1.44. The quantitative estimate of drug-likeness (QED) is 0.368. The summed E-state index contributed by atoms with van der Waals surface area (Å²) in [5.41, 5.74) is 1.75. The van der Waals surface area contributed by atoms with Gasteiger partial charge in [0.2, 0.25) is 0 Å². The van der Waals surface area contributed by atoms with Gasteiger partial charge in [0.05, 0.1) is 4.92 Å². The molecule has 0 radical (unpaired) electrons. The second-order valence-corrected chi connectivity index (χ2v) is 6.37. The van der Waals surface area contributed by atoms with Crippen molar-refractivity contribution in [2.45, 2.75) is 19.3 Å². The molecule has 7 heteroatoms. The van der Waals surface area contributed by atoms with Gasteiger partial charge in [-0.25, -0.2) is 0 Å². The minimum absolute atomic E-state index is 0.0909. The van der Waals surface area contributed by atoms with Gasteiger partial charge in [-0.15, -0.1) is 0 Å². The minimum atomic E-state index is -0.411. The molecular weight excluding hydrogens is 356 g/mol. The van der Waals surface area contributed by atoms with Crippen LogP contribution in [0.3, 0.4) is 0 Å². The zero-order chi connectivity index (χ0) is 18.5. The van der Waals surface area contributed by atoms with Crippen LogP contribution in [0.2, 0.25) is 5.02 Å². The Bertz CT molecular complexity index is 934. The van der Waals surface area contributed by atoms with Crippen molar-refractivity contribution in [2.24, 2.45) is 0 Å². The third kappa shape index (κ3) is 4.40. The molecule has 6 nitrogen and oxygen atoms in total. The number of aryl methyl sites for hydroxylation is 1. The van der Waals surface area contributed by atoms with Crippen LogP contribution in [0.4, 0.5) is 5.69 Å². The van der Waals surface area contributed by atoms with E-state index in [0.29, 0.717) is 17.2 Å². The molecule has 0 spiro atoms. The number of halogens is 1. The van der Waals surface area contributed by atoms with Crippen molar-refractivity contribution in [1.29, 1.82) is 0 Å². The lowest BCUT2D eigenvalue weighted by Crippen LogP contribution is -2.23. The van der Waals surface area contributed by atoms with Crippen LogP contribution in [0, 0.1) is 10.1 Å². The highest BCUT2D eigenvalue weighted by Crippen LogP contribution is 2.23. The maximum atomic E-state index is 12.1. The van der Waals surface area contributed by atoms with Crippen molar-refractivity contribution in [3.05, 3.63) is 75.0 Å². The number of nitro groups is 1. The largest absolute Gasteiger partial charge is 0.451 e. The topological polar surface area (TPSA) is 85.4 Å². The van der Waals surface area contributed by atoms with Crippen molar-refractivity contribution in [2.75, 3.05) is 6.54 Å². The lowest BCUT2D eigenvalue weighted by molar-refractivity contribution is -0.384. The summed E-state index contributed by atoms with van der Waals surface area (Å²) in [4.78, 5) is 22.3. The van der Waals surface area contributed by atoms with E-state index in [1.165, 1.54) is 12.1 Å². The van der Waals surface area contributed by atoms with E-state index >= 15 is 0 Å². The number of carbonyl (C=O) groups excluding carboxylic acids is 1. The summed E-state index contributed by atoms with van der Waals surface area (Å²) in [7, 11) is 0. The van der Waals surface area contributed by atoms with Gasteiger partial charge in [0.15, 0.2) is 5.76 Å². The van der Waals surface area contributed by atoms with E-state index in [4.69, 9.17) is 16.0 Å². The van der Waals surface area contributed by atoms with Gasteiger partial charge in [0.1, 0.15) is 5.58 Å². The predicted molar refractivity (Wildman–Crippen MR) is 99.6 cm³/mol. The van der Waals surface area contributed by atoms with Crippen LogP contribution in [0.1, 0.15) is 29.0 Å². The number of nitrogens with zero attached hydrogens (tertiary/aromatic N) is 1. The standard InChI is InChI=1S/C19H17ClN2O4/c20-15-6-9-17-14(11-15)12-18(26-17)19(23)21-10-2-1-3-13-4-7-16(8-5-13)22(24)25/h4-9,11-12H,1-3,10H2,(H,21,23). The number of benzene rings is 2. The lowest BCUT2D eigenvalue weighted by atomic mass is 10.1. The molecule has 0 saturated carbocycles. The molecular formula is C19H17ClN2O4. The third-order valence-corrected chi connectivity index (χ3v) is 4.26. The monoisotopic (exact) mass is 372 g/mol. The van der Waals surface area contributed by atoms with Gasteiger partial charge >= 0.3 is 0 Å². The first-order valence-electron chi connectivity index (χ1n) is 8.23. The molecule has 3 rings (SSSR count). The van der Waals surface area contributed by atoms with E-state index in [2.05, 4.69) is 5.32 Å². The molecule has 134 valence electrons. The van der Waals surface area contributed by atoms with Crippen molar-refractivity contribution >= 4 is 34.2 Å². The summed E-state index contributed by atoms with van der Waals surface area (Å²) in [5.74, 6) is 0.00490. The van der Waals surface area contributed by atoms with E-state index < -0.39 is 4.92 Å². The summed E-state index contributed by atoms with van der Waals surface area (Å²) in [6.07, 6.45) is 2.47. The fraction of sp³-hybridized carbons (Fsp3) is 0.211. The average molecular weight is 373 g/mol. The Hall–Kier alpha value is -2.86. The number of rotatable bonds is 7. The van der Waals surface area contributed by atoms with Gasteiger partial charge in [-0.3, -0.25) is 14.9 Å².